The van der Waals surface area contributed by atoms with Gasteiger partial charge in [0.15, 0.2) is 6.61 Å². The summed E-state index contributed by atoms with van der Waals surface area (Å²) in [4.78, 5) is 28.8. The summed E-state index contributed by atoms with van der Waals surface area (Å²) < 4.78 is 5.54. The van der Waals surface area contributed by atoms with Crippen LogP contribution in [0.3, 0.4) is 0 Å². The van der Waals surface area contributed by atoms with Crippen molar-refractivity contribution in [2.24, 2.45) is 5.41 Å². The lowest BCUT2D eigenvalue weighted by molar-refractivity contribution is -0.184. The van der Waals surface area contributed by atoms with E-state index < -0.39 is 0 Å². The van der Waals surface area contributed by atoms with Gasteiger partial charge in [0.2, 0.25) is 5.91 Å². The zero-order valence-corrected chi connectivity index (χ0v) is 17.3. The number of nitriles is 1. The number of nitrogens with one attached hydrogen (secondary N) is 2. The van der Waals surface area contributed by atoms with Crippen LogP contribution in [0.15, 0.2) is 36.5 Å². The van der Waals surface area contributed by atoms with E-state index in [1.807, 2.05) is 13.0 Å². The Hall–Kier alpha value is -3.11. The number of aryl methyl sites for hydroxylation is 1. The fourth-order valence-corrected chi connectivity index (χ4v) is 4.43. The Balaban J connectivity index is 1.21. The van der Waals surface area contributed by atoms with Crippen molar-refractivity contribution in [3.8, 4) is 11.8 Å². The van der Waals surface area contributed by atoms with Gasteiger partial charge in [0, 0.05) is 23.3 Å². The molecule has 3 fully saturated rings. The minimum absolute atomic E-state index is 0.00382. The minimum Gasteiger partial charge on any atom is -0.484 e. The maximum absolute atomic E-state index is 12.5. The molecule has 0 spiro atoms. The summed E-state index contributed by atoms with van der Waals surface area (Å²) in [7, 11) is 0. The molecule has 154 valence electrons. The Morgan fingerprint density at radius 1 is 1.27 bits per heavy atom. The molecule has 1 aromatic heterocycles. The summed E-state index contributed by atoms with van der Waals surface area (Å²) in [6, 6.07) is 10.6. The summed E-state index contributed by atoms with van der Waals surface area (Å²) in [5.74, 6) is 0.397. The monoisotopic (exact) mass is 424 g/mol. The van der Waals surface area contributed by atoms with Gasteiger partial charge in [0.1, 0.15) is 17.5 Å². The number of amides is 2. The number of aromatic nitrogens is 1. The Morgan fingerprint density at radius 3 is 2.67 bits per heavy atom. The van der Waals surface area contributed by atoms with E-state index in [4.69, 9.17) is 21.6 Å². The van der Waals surface area contributed by atoms with Crippen molar-refractivity contribution >= 4 is 23.4 Å². The predicted molar refractivity (Wildman–Crippen MR) is 110 cm³/mol. The van der Waals surface area contributed by atoms with Crippen molar-refractivity contribution in [1.82, 2.24) is 15.6 Å². The molecule has 0 saturated heterocycles. The van der Waals surface area contributed by atoms with E-state index in [1.165, 1.54) is 0 Å². The van der Waals surface area contributed by atoms with Crippen molar-refractivity contribution < 1.29 is 14.3 Å². The van der Waals surface area contributed by atoms with Crippen LogP contribution in [-0.2, 0) is 16.1 Å². The van der Waals surface area contributed by atoms with Crippen LogP contribution < -0.4 is 15.4 Å². The summed E-state index contributed by atoms with van der Waals surface area (Å²) in [6.07, 6.45) is 3.51. The van der Waals surface area contributed by atoms with Gasteiger partial charge in [-0.05, 0) is 61.6 Å². The largest absolute Gasteiger partial charge is 0.484 e. The SMILES string of the molecule is Cc1cc(OCC(=O)NC23CC(C(=O)NCc4ccc(C#N)nc4)(C2)C3)ccc1Cl. The van der Waals surface area contributed by atoms with E-state index in [0.29, 0.717) is 42.3 Å². The van der Waals surface area contributed by atoms with Crippen LogP contribution in [0.1, 0.15) is 36.1 Å². The number of carbonyl (C=O) groups excluding carboxylic acids is 2. The van der Waals surface area contributed by atoms with Gasteiger partial charge in [-0.3, -0.25) is 9.59 Å². The third kappa shape index (κ3) is 3.83. The van der Waals surface area contributed by atoms with Crippen LogP contribution in [0.25, 0.3) is 0 Å². The average Bonchev–Trinajstić information content (AvgIpc) is 2.69. The van der Waals surface area contributed by atoms with E-state index >= 15 is 0 Å². The first kappa shape index (κ1) is 20.2. The van der Waals surface area contributed by atoms with Gasteiger partial charge in [-0.25, -0.2) is 4.98 Å². The molecular weight excluding hydrogens is 404 g/mol. The van der Waals surface area contributed by atoms with Gasteiger partial charge in [-0.15, -0.1) is 0 Å². The Labute approximate surface area is 179 Å². The molecular formula is C22H21ClN4O3. The van der Waals surface area contributed by atoms with E-state index in [2.05, 4.69) is 15.6 Å². The Morgan fingerprint density at radius 2 is 2.03 bits per heavy atom. The number of halogens is 1. The van der Waals surface area contributed by atoms with Crippen LogP contribution in [-0.4, -0.2) is 28.9 Å². The number of ether oxygens (including phenoxy) is 1. The van der Waals surface area contributed by atoms with Crippen LogP contribution in [0.5, 0.6) is 5.75 Å². The van der Waals surface area contributed by atoms with Gasteiger partial charge >= 0.3 is 0 Å². The molecule has 0 radical (unpaired) electrons. The summed E-state index contributed by atoms with van der Waals surface area (Å²) in [5.41, 5.74) is 1.40. The first-order valence-electron chi connectivity index (χ1n) is 9.66. The molecule has 3 saturated carbocycles. The maximum Gasteiger partial charge on any atom is 0.258 e. The molecule has 0 unspecified atom stereocenters. The van der Waals surface area contributed by atoms with Crippen molar-refractivity contribution in [2.45, 2.75) is 38.3 Å². The second-order valence-electron chi connectivity index (χ2n) is 8.19. The molecule has 8 heteroatoms. The highest BCUT2D eigenvalue weighted by atomic mass is 35.5. The number of pyridine rings is 1. The molecule has 30 heavy (non-hydrogen) atoms. The molecule has 1 heterocycles. The van der Waals surface area contributed by atoms with Crippen molar-refractivity contribution in [1.29, 1.82) is 5.26 Å². The van der Waals surface area contributed by atoms with E-state index in [-0.39, 0.29) is 29.4 Å². The Bertz CT molecular complexity index is 1030. The highest BCUT2D eigenvalue weighted by Crippen LogP contribution is 2.67. The number of hydrogen-bond acceptors (Lipinski definition) is 5. The van der Waals surface area contributed by atoms with Crippen LogP contribution in [0, 0.1) is 23.7 Å². The lowest BCUT2D eigenvalue weighted by atomic mass is 9.39. The average molecular weight is 425 g/mol. The van der Waals surface area contributed by atoms with E-state index in [0.717, 1.165) is 11.1 Å². The van der Waals surface area contributed by atoms with Gasteiger partial charge in [-0.2, -0.15) is 5.26 Å². The quantitative estimate of drug-likeness (QED) is 0.711. The first-order chi connectivity index (χ1) is 14.3. The molecule has 7 nitrogen and oxygen atoms in total. The van der Waals surface area contributed by atoms with Crippen molar-refractivity contribution in [2.75, 3.05) is 6.61 Å². The fourth-order valence-electron chi connectivity index (χ4n) is 4.31. The predicted octanol–water partition coefficient (Wildman–Crippen LogP) is 2.65. The minimum atomic E-state index is -0.387. The number of carbonyl (C=O) groups is 2. The first-order valence-corrected chi connectivity index (χ1v) is 10.0. The molecule has 0 aliphatic heterocycles. The smallest absolute Gasteiger partial charge is 0.258 e. The lowest BCUT2D eigenvalue weighted by Gasteiger charge is -2.69. The number of nitrogens with zero attached hydrogens (tertiary/aromatic N) is 2. The van der Waals surface area contributed by atoms with Crippen molar-refractivity contribution in [3.63, 3.8) is 0 Å². The van der Waals surface area contributed by atoms with Crippen LogP contribution in [0.2, 0.25) is 5.02 Å². The van der Waals surface area contributed by atoms with Gasteiger partial charge in [0.05, 0.1) is 5.41 Å². The highest BCUT2D eigenvalue weighted by Gasteiger charge is 2.72. The molecule has 2 aromatic rings. The number of rotatable bonds is 7. The topological polar surface area (TPSA) is 104 Å². The summed E-state index contributed by atoms with van der Waals surface area (Å²) in [5, 5.41) is 15.4. The molecule has 2 amide bonds. The summed E-state index contributed by atoms with van der Waals surface area (Å²) >= 11 is 5.99. The third-order valence-electron chi connectivity index (χ3n) is 5.81. The molecule has 2 N–H and O–H groups in total. The molecule has 0 atom stereocenters. The van der Waals surface area contributed by atoms with Gasteiger partial charge in [0.25, 0.3) is 5.91 Å². The van der Waals surface area contributed by atoms with Crippen LogP contribution in [0.4, 0.5) is 0 Å². The molecule has 5 rings (SSSR count). The molecule has 1 aromatic carbocycles. The zero-order chi connectivity index (χ0) is 21.4. The van der Waals surface area contributed by atoms with E-state index in [1.54, 1.807) is 36.5 Å². The molecule has 3 aliphatic carbocycles. The summed E-state index contributed by atoms with van der Waals surface area (Å²) in [6.45, 7) is 2.17. The van der Waals surface area contributed by atoms with Gasteiger partial charge in [-0.1, -0.05) is 17.7 Å². The van der Waals surface area contributed by atoms with Crippen molar-refractivity contribution in [3.05, 3.63) is 58.4 Å². The fraction of sp³-hybridized carbons (Fsp3) is 0.364. The second kappa shape index (κ2) is 7.62. The van der Waals surface area contributed by atoms with E-state index in [9.17, 15) is 9.59 Å². The molecule has 2 bridgehead atoms. The maximum atomic E-state index is 12.5. The second-order valence-corrected chi connectivity index (χ2v) is 8.59. The standard InChI is InChI=1S/C22H21ClN4O3/c1-14-6-17(4-5-18(14)23)30-10-19(28)27-22-11-21(12-22,13-22)20(29)26-9-15-2-3-16(7-24)25-8-15/h2-6,8H,9-13H2,1H3,(H,26,29)(H,27,28). The lowest BCUT2D eigenvalue weighted by Crippen LogP contribution is -2.78. The van der Waals surface area contributed by atoms with Gasteiger partial charge < -0.3 is 15.4 Å². The number of hydrogen-bond donors (Lipinski definition) is 2. The Kier molecular flexibility index (Phi) is 5.12. The number of benzene rings is 1. The zero-order valence-electron chi connectivity index (χ0n) is 16.5. The highest BCUT2D eigenvalue weighted by molar-refractivity contribution is 6.31. The normalized spacial score (nSPS) is 23.4. The van der Waals surface area contributed by atoms with Crippen LogP contribution >= 0.6 is 11.6 Å². The third-order valence-corrected chi connectivity index (χ3v) is 6.23. The molecule has 3 aliphatic rings.